The molecule has 0 spiro atoms. The quantitative estimate of drug-likeness (QED) is 0.790. The Bertz CT molecular complexity index is 762. The normalized spacial score (nSPS) is 10.7. The first-order chi connectivity index (χ1) is 9.68. The molecule has 20 heavy (non-hydrogen) atoms. The van der Waals surface area contributed by atoms with E-state index in [0.29, 0.717) is 16.8 Å². The smallest absolute Gasteiger partial charge is 0.348 e. The van der Waals surface area contributed by atoms with Gasteiger partial charge in [0.05, 0.1) is 5.69 Å². The highest BCUT2D eigenvalue weighted by Gasteiger charge is 2.21. The summed E-state index contributed by atoms with van der Waals surface area (Å²) < 4.78 is 15.7. The van der Waals surface area contributed by atoms with Gasteiger partial charge in [-0.05, 0) is 18.2 Å². The van der Waals surface area contributed by atoms with Crippen molar-refractivity contribution in [2.45, 2.75) is 0 Å². The van der Waals surface area contributed by atoms with Crippen molar-refractivity contribution in [3.05, 3.63) is 64.9 Å². The molecule has 3 nitrogen and oxygen atoms in total. The number of carboxylic acids is 1. The molecule has 0 radical (unpaired) electrons. The first-order valence-corrected chi connectivity index (χ1v) is 6.79. The number of rotatable bonds is 3. The van der Waals surface area contributed by atoms with Crippen LogP contribution < -0.4 is 0 Å². The molecule has 1 N–H and O–H groups in total. The van der Waals surface area contributed by atoms with Crippen molar-refractivity contribution in [2.75, 3.05) is 0 Å². The standard InChI is InChI=1S/C15H10FNO2S/c16-12-6-2-1-5-10(12)11-9-20-14(15(18)19)13(11)17-7-3-4-8-17/h1-9H,(H,18,19). The second-order valence-corrected chi connectivity index (χ2v) is 5.08. The summed E-state index contributed by atoms with van der Waals surface area (Å²) in [4.78, 5) is 11.5. The number of hydrogen-bond donors (Lipinski definition) is 1. The molecule has 1 aromatic carbocycles. The van der Waals surface area contributed by atoms with Crippen molar-refractivity contribution in [3.63, 3.8) is 0 Å². The summed E-state index contributed by atoms with van der Waals surface area (Å²) in [7, 11) is 0. The number of hydrogen-bond acceptors (Lipinski definition) is 2. The van der Waals surface area contributed by atoms with Crippen LogP contribution in [0, 0.1) is 5.82 Å². The van der Waals surface area contributed by atoms with Crippen LogP contribution in [0.15, 0.2) is 54.2 Å². The third kappa shape index (κ3) is 2.02. The van der Waals surface area contributed by atoms with Crippen LogP contribution in [0.1, 0.15) is 9.67 Å². The van der Waals surface area contributed by atoms with Gasteiger partial charge in [-0.1, -0.05) is 18.2 Å². The molecular weight excluding hydrogens is 277 g/mol. The lowest BCUT2D eigenvalue weighted by atomic mass is 10.1. The van der Waals surface area contributed by atoms with Crippen LogP contribution in [0.25, 0.3) is 16.8 Å². The number of carboxylic acid groups (broad SMARTS) is 1. The summed E-state index contributed by atoms with van der Waals surface area (Å²) >= 11 is 1.10. The molecule has 0 fully saturated rings. The van der Waals surface area contributed by atoms with Gasteiger partial charge in [0.2, 0.25) is 0 Å². The molecule has 0 saturated carbocycles. The minimum Gasteiger partial charge on any atom is -0.477 e. The number of aromatic carboxylic acids is 1. The lowest BCUT2D eigenvalue weighted by molar-refractivity contribution is 0.0702. The van der Waals surface area contributed by atoms with Gasteiger partial charge in [0.15, 0.2) is 0 Å². The zero-order valence-corrected chi connectivity index (χ0v) is 11.1. The Balaban J connectivity index is 2.28. The van der Waals surface area contributed by atoms with Crippen LogP contribution >= 0.6 is 11.3 Å². The van der Waals surface area contributed by atoms with Gasteiger partial charge >= 0.3 is 5.97 Å². The predicted octanol–water partition coefficient (Wildman–Crippen LogP) is 4.04. The Morgan fingerprint density at radius 2 is 1.80 bits per heavy atom. The van der Waals surface area contributed by atoms with Gasteiger partial charge in [-0.25, -0.2) is 9.18 Å². The topological polar surface area (TPSA) is 42.2 Å². The third-order valence-corrected chi connectivity index (χ3v) is 3.94. The Kier molecular flexibility index (Phi) is 3.12. The zero-order chi connectivity index (χ0) is 14.1. The molecule has 0 aliphatic carbocycles. The van der Waals surface area contributed by atoms with Crippen molar-refractivity contribution in [2.24, 2.45) is 0 Å². The second-order valence-electron chi connectivity index (χ2n) is 4.20. The monoisotopic (exact) mass is 287 g/mol. The Hall–Kier alpha value is -2.40. The summed E-state index contributed by atoms with van der Waals surface area (Å²) in [5.41, 5.74) is 1.49. The highest BCUT2D eigenvalue weighted by molar-refractivity contribution is 7.13. The van der Waals surface area contributed by atoms with Gasteiger partial charge in [-0.15, -0.1) is 11.3 Å². The Labute approximate surface area is 118 Å². The van der Waals surface area contributed by atoms with Crippen LogP contribution in [0.3, 0.4) is 0 Å². The Morgan fingerprint density at radius 3 is 2.45 bits per heavy atom. The Morgan fingerprint density at radius 1 is 1.10 bits per heavy atom. The molecule has 3 aromatic rings. The second kappa shape index (κ2) is 4.94. The van der Waals surface area contributed by atoms with E-state index in [-0.39, 0.29) is 10.7 Å². The van der Waals surface area contributed by atoms with Gasteiger partial charge in [-0.3, -0.25) is 0 Å². The SMILES string of the molecule is O=C(O)c1scc(-c2ccccc2F)c1-n1cccc1. The first kappa shape index (κ1) is 12.6. The molecule has 3 rings (SSSR count). The molecule has 0 amide bonds. The molecule has 0 unspecified atom stereocenters. The number of benzene rings is 1. The molecule has 0 saturated heterocycles. The third-order valence-electron chi connectivity index (χ3n) is 2.99. The van der Waals surface area contributed by atoms with Gasteiger partial charge in [0.1, 0.15) is 10.7 Å². The molecule has 2 heterocycles. The van der Waals surface area contributed by atoms with Crippen LogP contribution in [0.2, 0.25) is 0 Å². The molecule has 0 atom stereocenters. The molecule has 0 aliphatic heterocycles. The molecule has 5 heteroatoms. The van der Waals surface area contributed by atoms with E-state index >= 15 is 0 Å². The summed E-state index contributed by atoms with van der Waals surface area (Å²) in [6, 6.07) is 9.96. The summed E-state index contributed by atoms with van der Waals surface area (Å²) in [6.45, 7) is 0. The fourth-order valence-corrected chi connectivity index (χ4v) is 3.02. The fourth-order valence-electron chi connectivity index (χ4n) is 2.11. The number of nitrogens with zero attached hydrogens (tertiary/aromatic N) is 1. The number of aromatic nitrogens is 1. The van der Waals surface area contributed by atoms with E-state index in [1.807, 2.05) is 0 Å². The van der Waals surface area contributed by atoms with Crippen LogP contribution in [-0.4, -0.2) is 15.6 Å². The van der Waals surface area contributed by atoms with Gasteiger partial charge in [0.25, 0.3) is 0 Å². The van der Waals surface area contributed by atoms with E-state index in [1.54, 1.807) is 52.7 Å². The fraction of sp³-hybridized carbons (Fsp3) is 0. The molecule has 100 valence electrons. The summed E-state index contributed by atoms with van der Waals surface area (Å²) in [5, 5.41) is 11.0. The van der Waals surface area contributed by atoms with Crippen LogP contribution in [0.5, 0.6) is 0 Å². The first-order valence-electron chi connectivity index (χ1n) is 5.91. The molecule has 2 aromatic heterocycles. The van der Waals surface area contributed by atoms with E-state index in [2.05, 4.69) is 0 Å². The summed E-state index contributed by atoms with van der Waals surface area (Å²) in [5.74, 6) is -1.38. The maximum Gasteiger partial charge on any atom is 0.348 e. The minimum atomic E-state index is -1.01. The predicted molar refractivity (Wildman–Crippen MR) is 76.0 cm³/mol. The zero-order valence-electron chi connectivity index (χ0n) is 10.3. The van der Waals surface area contributed by atoms with Crippen LogP contribution in [-0.2, 0) is 0 Å². The van der Waals surface area contributed by atoms with Crippen LogP contribution in [0.4, 0.5) is 4.39 Å². The highest BCUT2D eigenvalue weighted by atomic mass is 32.1. The maximum absolute atomic E-state index is 14.0. The average Bonchev–Trinajstić information content (AvgIpc) is 3.07. The van der Waals surface area contributed by atoms with Crippen molar-refractivity contribution < 1.29 is 14.3 Å². The molecule has 0 aliphatic rings. The largest absolute Gasteiger partial charge is 0.477 e. The summed E-state index contributed by atoms with van der Waals surface area (Å²) in [6.07, 6.45) is 3.50. The van der Waals surface area contributed by atoms with Gasteiger partial charge in [-0.2, -0.15) is 0 Å². The lowest BCUT2D eigenvalue weighted by Crippen LogP contribution is -2.01. The highest BCUT2D eigenvalue weighted by Crippen LogP contribution is 2.36. The minimum absolute atomic E-state index is 0.194. The number of thiophene rings is 1. The maximum atomic E-state index is 14.0. The molecular formula is C15H10FNO2S. The van der Waals surface area contributed by atoms with Crippen molar-refractivity contribution in [1.82, 2.24) is 4.57 Å². The average molecular weight is 287 g/mol. The van der Waals surface area contributed by atoms with Crippen molar-refractivity contribution >= 4 is 17.3 Å². The van der Waals surface area contributed by atoms with E-state index in [1.165, 1.54) is 6.07 Å². The lowest BCUT2D eigenvalue weighted by Gasteiger charge is -2.08. The van der Waals surface area contributed by atoms with E-state index in [4.69, 9.17) is 0 Å². The van der Waals surface area contributed by atoms with E-state index in [9.17, 15) is 14.3 Å². The number of carbonyl (C=O) groups is 1. The number of halogens is 1. The molecule has 0 bridgehead atoms. The van der Waals surface area contributed by atoms with E-state index < -0.39 is 5.97 Å². The van der Waals surface area contributed by atoms with Crippen molar-refractivity contribution in [1.29, 1.82) is 0 Å². The van der Waals surface area contributed by atoms with Crippen molar-refractivity contribution in [3.8, 4) is 16.8 Å². The van der Waals surface area contributed by atoms with Gasteiger partial charge < -0.3 is 9.67 Å². The van der Waals surface area contributed by atoms with E-state index in [0.717, 1.165) is 11.3 Å². The van der Waals surface area contributed by atoms with Gasteiger partial charge in [0, 0.05) is 28.9 Å².